The maximum atomic E-state index is 12.9. The van der Waals surface area contributed by atoms with E-state index in [0.29, 0.717) is 17.9 Å². The zero-order chi connectivity index (χ0) is 17.0. The molecule has 124 valence electrons. The van der Waals surface area contributed by atoms with Crippen LogP contribution in [0.5, 0.6) is 5.75 Å². The second kappa shape index (κ2) is 7.10. The molecule has 0 bridgehead atoms. The Morgan fingerprint density at radius 2 is 1.83 bits per heavy atom. The molecule has 1 N–H and O–H groups in total. The molecule has 1 atom stereocenters. The largest absolute Gasteiger partial charge is 0.494 e. The fraction of sp³-hybridized carbons (Fsp3) is 0.294. The number of aryl methyl sites for hydroxylation is 1. The van der Waals surface area contributed by atoms with Gasteiger partial charge in [0, 0.05) is 6.04 Å². The standard InChI is InChI=1S/C17H20FNO3S/c1-4-22-17-10-9-16(11-12(17)2)23(20,21)19-13(3)14-5-7-15(18)8-6-14/h5-11,13,19H,4H2,1-3H3. The van der Waals surface area contributed by atoms with Crippen LogP contribution in [-0.2, 0) is 10.0 Å². The fourth-order valence-corrected chi connectivity index (χ4v) is 3.54. The van der Waals surface area contributed by atoms with E-state index < -0.39 is 16.1 Å². The number of rotatable bonds is 6. The molecule has 2 aromatic carbocycles. The molecular formula is C17H20FNO3S. The van der Waals surface area contributed by atoms with Crippen molar-refractivity contribution in [2.45, 2.75) is 31.7 Å². The number of halogens is 1. The average Bonchev–Trinajstić information content (AvgIpc) is 2.49. The lowest BCUT2D eigenvalue weighted by atomic mass is 10.1. The molecule has 1 unspecified atom stereocenters. The van der Waals surface area contributed by atoms with E-state index in [2.05, 4.69) is 4.72 Å². The summed E-state index contributed by atoms with van der Waals surface area (Å²) >= 11 is 0. The van der Waals surface area contributed by atoms with Gasteiger partial charge >= 0.3 is 0 Å². The second-order valence-corrected chi connectivity index (χ2v) is 6.97. The van der Waals surface area contributed by atoms with Gasteiger partial charge in [0.05, 0.1) is 11.5 Å². The van der Waals surface area contributed by atoms with Crippen molar-refractivity contribution in [3.05, 3.63) is 59.4 Å². The van der Waals surface area contributed by atoms with Gasteiger partial charge in [-0.25, -0.2) is 17.5 Å². The summed E-state index contributed by atoms with van der Waals surface area (Å²) in [6.07, 6.45) is 0. The first-order chi connectivity index (χ1) is 10.8. The Bertz CT molecular complexity index is 773. The molecule has 0 fully saturated rings. The predicted octanol–water partition coefficient (Wildman–Crippen LogP) is 3.57. The van der Waals surface area contributed by atoms with E-state index >= 15 is 0 Å². The van der Waals surface area contributed by atoms with Gasteiger partial charge in [-0.3, -0.25) is 0 Å². The lowest BCUT2D eigenvalue weighted by Crippen LogP contribution is -2.27. The van der Waals surface area contributed by atoms with Crippen molar-refractivity contribution < 1.29 is 17.5 Å². The van der Waals surface area contributed by atoms with Crippen LogP contribution < -0.4 is 9.46 Å². The molecule has 0 radical (unpaired) electrons. The number of hydrogen-bond donors (Lipinski definition) is 1. The van der Waals surface area contributed by atoms with Crippen molar-refractivity contribution in [2.24, 2.45) is 0 Å². The van der Waals surface area contributed by atoms with Crippen molar-refractivity contribution in [1.82, 2.24) is 4.72 Å². The lowest BCUT2D eigenvalue weighted by Gasteiger charge is -2.16. The highest BCUT2D eigenvalue weighted by atomic mass is 32.2. The number of ether oxygens (including phenoxy) is 1. The molecule has 2 rings (SSSR count). The Hall–Kier alpha value is -1.92. The lowest BCUT2D eigenvalue weighted by molar-refractivity contribution is 0.337. The Kier molecular flexibility index (Phi) is 5.38. The minimum Gasteiger partial charge on any atom is -0.494 e. The zero-order valence-corrected chi connectivity index (χ0v) is 14.2. The van der Waals surface area contributed by atoms with Crippen molar-refractivity contribution >= 4 is 10.0 Å². The van der Waals surface area contributed by atoms with Crippen LogP contribution in [0.25, 0.3) is 0 Å². The van der Waals surface area contributed by atoms with E-state index in [9.17, 15) is 12.8 Å². The van der Waals surface area contributed by atoms with Gasteiger partial charge in [-0.05, 0) is 62.2 Å². The van der Waals surface area contributed by atoms with Crippen LogP contribution in [0.4, 0.5) is 4.39 Å². The molecule has 4 nitrogen and oxygen atoms in total. The van der Waals surface area contributed by atoms with Crippen LogP contribution in [-0.4, -0.2) is 15.0 Å². The SMILES string of the molecule is CCOc1ccc(S(=O)(=O)NC(C)c2ccc(F)cc2)cc1C. The van der Waals surface area contributed by atoms with Crippen LogP contribution >= 0.6 is 0 Å². The van der Waals surface area contributed by atoms with Gasteiger partial charge < -0.3 is 4.74 Å². The van der Waals surface area contributed by atoms with Crippen LogP contribution in [0.1, 0.15) is 31.0 Å². The molecule has 0 aliphatic rings. The van der Waals surface area contributed by atoms with Gasteiger partial charge in [0.25, 0.3) is 0 Å². The molecule has 0 aliphatic heterocycles. The summed E-state index contributed by atoms with van der Waals surface area (Å²) in [5.41, 5.74) is 1.45. The zero-order valence-electron chi connectivity index (χ0n) is 13.3. The number of nitrogens with one attached hydrogen (secondary N) is 1. The Morgan fingerprint density at radius 1 is 1.17 bits per heavy atom. The molecule has 0 aliphatic carbocycles. The maximum absolute atomic E-state index is 12.9. The molecule has 23 heavy (non-hydrogen) atoms. The summed E-state index contributed by atoms with van der Waals surface area (Å²) in [6.45, 7) is 5.91. The maximum Gasteiger partial charge on any atom is 0.241 e. The minimum atomic E-state index is -3.67. The van der Waals surface area contributed by atoms with Gasteiger partial charge in [0.15, 0.2) is 0 Å². The van der Waals surface area contributed by atoms with E-state index in [1.165, 1.54) is 18.2 Å². The predicted molar refractivity (Wildman–Crippen MR) is 87.5 cm³/mol. The monoisotopic (exact) mass is 337 g/mol. The third-order valence-electron chi connectivity index (χ3n) is 3.46. The van der Waals surface area contributed by atoms with Crippen molar-refractivity contribution in [3.63, 3.8) is 0 Å². The Balaban J connectivity index is 2.21. The van der Waals surface area contributed by atoms with E-state index in [-0.39, 0.29) is 10.7 Å². The molecular weight excluding hydrogens is 317 g/mol. The molecule has 0 heterocycles. The molecule has 0 amide bonds. The molecule has 0 aromatic heterocycles. The molecule has 0 saturated heterocycles. The van der Waals surface area contributed by atoms with Crippen LogP contribution in [0.15, 0.2) is 47.4 Å². The van der Waals surface area contributed by atoms with E-state index in [0.717, 1.165) is 5.56 Å². The highest BCUT2D eigenvalue weighted by Crippen LogP contribution is 2.23. The smallest absolute Gasteiger partial charge is 0.241 e. The summed E-state index contributed by atoms with van der Waals surface area (Å²) in [5.74, 6) is 0.309. The van der Waals surface area contributed by atoms with Gasteiger partial charge in [0.2, 0.25) is 10.0 Å². The average molecular weight is 337 g/mol. The van der Waals surface area contributed by atoms with Crippen molar-refractivity contribution in [2.75, 3.05) is 6.61 Å². The Morgan fingerprint density at radius 3 is 2.39 bits per heavy atom. The first-order valence-electron chi connectivity index (χ1n) is 7.34. The van der Waals surface area contributed by atoms with Crippen molar-refractivity contribution in [3.8, 4) is 5.75 Å². The molecule has 0 saturated carbocycles. The van der Waals surface area contributed by atoms with E-state index in [4.69, 9.17) is 4.74 Å². The van der Waals surface area contributed by atoms with Gasteiger partial charge in [-0.2, -0.15) is 0 Å². The molecule has 6 heteroatoms. The quantitative estimate of drug-likeness (QED) is 0.877. The second-order valence-electron chi connectivity index (χ2n) is 5.25. The Labute approximate surface area is 136 Å². The number of benzene rings is 2. The van der Waals surface area contributed by atoms with E-state index in [1.54, 1.807) is 38.1 Å². The summed E-state index contributed by atoms with van der Waals surface area (Å²) in [5, 5.41) is 0. The third-order valence-corrected chi connectivity index (χ3v) is 5.00. The number of sulfonamides is 1. The van der Waals surface area contributed by atoms with Crippen LogP contribution in [0.2, 0.25) is 0 Å². The third kappa shape index (κ3) is 4.30. The summed E-state index contributed by atoms with van der Waals surface area (Å²) in [7, 11) is -3.67. The van der Waals surface area contributed by atoms with E-state index in [1.807, 2.05) is 6.92 Å². The fourth-order valence-electron chi connectivity index (χ4n) is 2.23. The van der Waals surface area contributed by atoms with Gasteiger partial charge in [-0.15, -0.1) is 0 Å². The number of hydrogen-bond acceptors (Lipinski definition) is 3. The normalized spacial score (nSPS) is 12.9. The molecule has 0 spiro atoms. The first-order valence-corrected chi connectivity index (χ1v) is 8.83. The summed E-state index contributed by atoms with van der Waals surface area (Å²) < 4.78 is 45.9. The molecule has 2 aromatic rings. The first kappa shape index (κ1) is 17.4. The summed E-state index contributed by atoms with van der Waals surface area (Å²) in [4.78, 5) is 0.174. The topological polar surface area (TPSA) is 55.4 Å². The van der Waals surface area contributed by atoms with Crippen LogP contribution in [0.3, 0.4) is 0 Å². The van der Waals surface area contributed by atoms with Gasteiger partial charge in [-0.1, -0.05) is 12.1 Å². The van der Waals surface area contributed by atoms with Gasteiger partial charge in [0.1, 0.15) is 11.6 Å². The van der Waals surface area contributed by atoms with Crippen LogP contribution in [0, 0.1) is 12.7 Å². The highest BCUT2D eigenvalue weighted by molar-refractivity contribution is 7.89. The van der Waals surface area contributed by atoms with Crippen molar-refractivity contribution in [1.29, 1.82) is 0 Å². The highest BCUT2D eigenvalue weighted by Gasteiger charge is 2.19. The summed E-state index contributed by atoms with van der Waals surface area (Å²) in [6, 6.07) is 10.0. The minimum absolute atomic E-state index is 0.174.